The normalized spacial score (nSPS) is 24.8. The number of hydrogen-bond acceptors (Lipinski definition) is 7. The Kier molecular flexibility index (Phi) is 12.4. The lowest BCUT2D eigenvalue weighted by Gasteiger charge is -2.27. The van der Waals surface area contributed by atoms with E-state index in [1.165, 1.54) is 19.3 Å². The fraction of sp³-hybridized carbons (Fsp3) is 1.00. The molecule has 2 fully saturated rings. The van der Waals surface area contributed by atoms with Crippen LogP contribution in [-0.2, 0) is 31.3 Å². The van der Waals surface area contributed by atoms with Gasteiger partial charge in [-0.05, 0) is 52.4 Å². The maximum atomic E-state index is 5.54. The molecule has 1 saturated carbocycles. The molecule has 1 saturated heterocycles. The molecule has 3 atom stereocenters. The van der Waals surface area contributed by atoms with Gasteiger partial charge in [-0.25, -0.2) is 0 Å². The predicted molar refractivity (Wildman–Crippen MR) is 104 cm³/mol. The Balaban J connectivity index is 0.000000294. The minimum atomic E-state index is -2.35. The van der Waals surface area contributed by atoms with E-state index in [0.717, 1.165) is 18.4 Å². The quantitative estimate of drug-likeness (QED) is 0.362. The summed E-state index contributed by atoms with van der Waals surface area (Å²) in [6, 6.07) is 0.915. The first-order valence-electron chi connectivity index (χ1n) is 9.73. The average Bonchev–Trinajstić information content (AvgIpc) is 3.43. The Morgan fingerprint density at radius 2 is 1.38 bits per heavy atom. The minimum absolute atomic E-state index is 0.558. The number of ether oxygens (including phenoxy) is 1. The molecule has 0 spiro atoms. The van der Waals surface area contributed by atoms with Gasteiger partial charge in [-0.2, -0.15) is 0 Å². The van der Waals surface area contributed by atoms with Crippen molar-refractivity contribution < 1.29 is 31.3 Å². The van der Waals surface area contributed by atoms with Crippen molar-refractivity contribution >= 4 is 18.3 Å². The summed E-state index contributed by atoms with van der Waals surface area (Å²) < 4.78 is 37.5. The molecule has 7 nitrogen and oxygen atoms in total. The Bertz CT molecular complexity index is 335. The van der Waals surface area contributed by atoms with Crippen LogP contribution < -0.4 is 0 Å². The summed E-state index contributed by atoms with van der Waals surface area (Å²) in [5, 5.41) is 0. The van der Waals surface area contributed by atoms with Crippen molar-refractivity contribution in [3.63, 3.8) is 0 Å². The molecule has 2 aliphatic rings. The van der Waals surface area contributed by atoms with Crippen LogP contribution in [-0.4, -0.2) is 71.7 Å². The molecule has 156 valence electrons. The molecule has 9 heteroatoms. The van der Waals surface area contributed by atoms with E-state index in [4.69, 9.17) is 31.3 Å². The first-order valence-corrected chi connectivity index (χ1v) is 13.1. The van der Waals surface area contributed by atoms with E-state index < -0.39 is 18.3 Å². The summed E-state index contributed by atoms with van der Waals surface area (Å²) in [6.45, 7) is 7.86. The van der Waals surface area contributed by atoms with Gasteiger partial charge in [-0.3, -0.25) is 0 Å². The van der Waals surface area contributed by atoms with E-state index in [-0.39, 0.29) is 0 Å². The Morgan fingerprint density at radius 1 is 0.846 bits per heavy atom. The molecular weight excluding hydrogens is 372 g/mol. The van der Waals surface area contributed by atoms with Crippen molar-refractivity contribution in [2.24, 2.45) is 5.92 Å². The van der Waals surface area contributed by atoms with E-state index >= 15 is 0 Å². The molecule has 0 aromatic rings. The summed E-state index contributed by atoms with van der Waals surface area (Å²) in [6.07, 6.45) is 6.01. The van der Waals surface area contributed by atoms with Crippen LogP contribution in [0.3, 0.4) is 0 Å². The van der Waals surface area contributed by atoms with Crippen molar-refractivity contribution in [2.75, 3.05) is 41.2 Å². The van der Waals surface area contributed by atoms with Crippen molar-refractivity contribution in [2.45, 2.75) is 64.7 Å². The fourth-order valence-electron chi connectivity index (χ4n) is 3.24. The van der Waals surface area contributed by atoms with Crippen LogP contribution in [0.5, 0.6) is 0 Å². The van der Waals surface area contributed by atoms with E-state index in [2.05, 4.69) is 0 Å². The summed E-state index contributed by atoms with van der Waals surface area (Å²) in [5.74, 6) is 0.760. The number of rotatable bonds is 12. The summed E-state index contributed by atoms with van der Waals surface area (Å²) in [4.78, 5) is 0. The largest absolute Gasteiger partial charge is 0.500 e. The van der Waals surface area contributed by atoms with Crippen LogP contribution in [0.2, 0.25) is 6.04 Å². The molecule has 1 aliphatic heterocycles. The summed E-state index contributed by atoms with van der Waals surface area (Å²) in [5.41, 5.74) is 0. The Morgan fingerprint density at radius 3 is 1.81 bits per heavy atom. The topological polar surface area (TPSA) is 67.9 Å². The monoisotopic (exact) mass is 410 g/mol. The molecule has 1 aliphatic carbocycles. The maximum absolute atomic E-state index is 5.54. The molecule has 2 rings (SSSR count). The first-order chi connectivity index (χ1) is 12.6. The molecule has 0 amide bonds. The highest BCUT2D eigenvalue weighted by Gasteiger charge is 2.45. The van der Waals surface area contributed by atoms with Crippen LogP contribution in [0.4, 0.5) is 0 Å². The summed E-state index contributed by atoms with van der Waals surface area (Å²) >= 11 is 0. The smallest absolute Gasteiger partial charge is 0.377 e. The van der Waals surface area contributed by atoms with Crippen LogP contribution in [0.15, 0.2) is 0 Å². The molecule has 0 bridgehead atoms. The highest BCUT2D eigenvalue weighted by Crippen LogP contribution is 2.41. The van der Waals surface area contributed by atoms with Gasteiger partial charge < -0.3 is 31.3 Å². The van der Waals surface area contributed by atoms with E-state index in [1.807, 2.05) is 20.8 Å². The lowest BCUT2D eigenvalue weighted by molar-refractivity contribution is 0.107. The van der Waals surface area contributed by atoms with Gasteiger partial charge in [0.25, 0.3) is 0 Å². The highest BCUT2D eigenvalue weighted by molar-refractivity contribution is 6.60. The molecule has 0 aromatic heterocycles. The van der Waals surface area contributed by atoms with Crippen molar-refractivity contribution in [3.05, 3.63) is 0 Å². The highest BCUT2D eigenvalue weighted by atomic mass is 28.4. The van der Waals surface area contributed by atoms with Gasteiger partial charge in [0, 0.05) is 47.2 Å². The molecule has 1 heterocycles. The zero-order valence-corrected chi connectivity index (χ0v) is 19.5. The van der Waals surface area contributed by atoms with Crippen LogP contribution in [0, 0.1) is 5.92 Å². The SMILES string of the molecule is CCO[SiH](OCC)OCC.CO[Si](CCC1CCC2OC2C1)(OC)OC. The minimum Gasteiger partial charge on any atom is -0.377 e. The third kappa shape index (κ3) is 8.45. The standard InChI is InChI=1S/C11H22O4Si.C6H16O3Si/c1-12-16(13-2,14-3)7-6-9-4-5-10-11(8-9)15-10;1-4-7-10(8-5-2)9-6-3/h9-11H,4-8H2,1-3H3;10H,4-6H2,1-3H3. The third-order valence-corrected chi connectivity index (χ3v) is 9.40. The molecule has 0 radical (unpaired) electrons. The second-order valence-electron chi connectivity index (χ2n) is 6.38. The van der Waals surface area contributed by atoms with Crippen LogP contribution in [0.1, 0.15) is 46.5 Å². The zero-order valence-electron chi connectivity index (χ0n) is 17.3. The molecule has 3 unspecified atom stereocenters. The van der Waals surface area contributed by atoms with Gasteiger partial charge in [0.15, 0.2) is 0 Å². The second kappa shape index (κ2) is 13.4. The van der Waals surface area contributed by atoms with Crippen molar-refractivity contribution in [3.8, 4) is 0 Å². The third-order valence-electron chi connectivity index (χ3n) is 4.81. The predicted octanol–water partition coefficient (Wildman–Crippen LogP) is 2.64. The van der Waals surface area contributed by atoms with Gasteiger partial charge in [-0.1, -0.05) is 0 Å². The lowest BCUT2D eigenvalue weighted by atomic mass is 9.88. The van der Waals surface area contributed by atoms with Gasteiger partial charge in [0.1, 0.15) is 0 Å². The molecule has 0 aromatic carbocycles. The lowest BCUT2D eigenvalue weighted by Crippen LogP contribution is -2.43. The number of hydrogen-bond donors (Lipinski definition) is 0. The average molecular weight is 411 g/mol. The fourth-order valence-corrected chi connectivity index (χ4v) is 6.22. The molecule has 0 N–H and O–H groups in total. The Hall–Kier alpha value is 0.154. The van der Waals surface area contributed by atoms with Gasteiger partial charge in [-0.15, -0.1) is 0 Å². The Labute approximate surface area is 161 Å². The molecular formula is C17H38O7Si2. The molecule has 26 heavy (non-hydrogen) atoms. The second-order valence-corrected chi connectivity index (χ2v) is 11.0. The zero-order chi connectivity index (χ0) is 19.4. The van der Waals surface area contributed by atoms with E-state index in [1.54, 1.807) is 21.3 Å². The maximum Gasteiger partial charge on any atom is 0.500 e. The first kappa shape index (κ1) is 24.2. The number of fused-ring (bicyclic) bond motifs is 1. The van der Waals surface area contributed by atoms with Gasteiger partial charge in [0.2, 0.25) is 0 Å². The van der Waals surface area contributed by atoms with Crippen molar-refractivity contribution in [1.82, 2.24) is 0 Å². The summed E-state index contributed by atoms with van der Waals surface area (Å²) in [7, 11) is 0.958. The van der Waals surface area contributed by atoms with E-state index in [9.17, 15) is 0 Å². The number of epoxide rings is 1. The van der Waals surface area contributed by atoms with Crippen molar-refractivity contribution in [1.29, 1.82) is 0 Å². The van der Waals surface area contributed by atoms with Crippen LogP contribution in [0.25, 0.3) is 0 Å². The van der Waals surface area contributed by atoms with E-state index in [0.29, 0.717) is 32.0 Å². The van der Waals surface area contributed by atoms with Gasteiger partial charge in [0.05, 0.1) is 12.2 Å². The van der Waals surface area contributed by atoms with Gasteiger partial charge >= 0.3 is 18.3 Å². The van der Waals surface area contributed by atoms with Crippen LogP contribution >= 0.6 is 0 Å².